The molecule has 4 rings (SSSR count). The number of carboxylic acid groups (broad SMARTS) is 1. The molecule has 0 spiro atoms. The summed E-state index contributed by atoms with van der Waals surface area (Å²) in [6.45, 7) is 0.533. The predicted molar refractivity (Wildman–Crippen MR) is 103 cm³/mol. The van der Waals surface area contributed by atoms with Gasteiger partial charge in [0, 0.05) is 17.7 Å². The van der Waals surface area contributed by atoms with Gasteiger partial charge in [0.2, 0.25) is 0 Å². The lowest BCUT2D eigenvalue weighted by Gasteiger charge is -2.20. The van der Waals surface area contributed by atoms with Gasteiger partial charge in [-0.2, -0.15) is 0 Å². The van der Waals surface area contributed by atoms with Gasteiger partial charge in [-0.25, -0.2) is 22.6 Å². The minimum absolute atomic E-state index is 0.122. The van der Waals surface area contributed by atoms with E-state index in [2.05, 4.69) is 9.71 Å². The van der Waals surface area contributed by atoms with Gasteiger partial charge in [-0.1, -0.05) is 0 Å². The number of anilines is 1. The lowest BCUT2D eigenvalue weighted by molar-refractivity contribution is 0.0697. The molecule has 2 aromatic carbocycles. The highest BCUT2D eigenvalue weighted by molar-refractivity contribution is 7.94. The molecule has 8 nitrogen and oxygen atoms in total. The van der Waals surface area contributed by atoms with Crippen molar-refractivity contribution in [1.82, 2.24) is 4.98 Å². The van der Waals surface area contributed by atoms with Gasteiger partial charge in [-0.05, 0) is 24.3 Å². The average Bonchev–Trinajstić information content (AvgIpc) is 3.19. The fraction of sp³-hybridized carbons (Fsp3) is 0.111. The van der Waals surface area contributed by atoms with Crippen LogP contribution in [0.3, 0.4) is 0 Å². The zero-order chi connectivity index (χ0) is 20.6. The Kier molecular flexibility index (Phi) is 4.84. The molecule has 0 unspecified atom stereocenters. The van der Waals surface area contributed by atoms with Crippen LogP contribution in [0.4, 0.5) is 10.1 Å². The Morgan fingerprint density at radius 2 is 1.79 bits per heavy atom. The molecule has 0 radical (unpaired) electrons. The van der Waals surface area contributed by atoms with Gasteiger partial charge in [0.25, 0.3) is 10.0 Å². The Balaban J connectivity index is 1.67. The molecule has 150 valence electrons. The van der Waals surface area contributed by atoms with Gasteiger partial charge in [-0.15, -0.1) is 11.3 Å². The molecule has 0 saturated carbocycles. The molecule has 11 heteroatoms. The summed E-state index contributed by atoms with van der Waals surface area (Å²) in [5.41, 5.74) is 0.128. The van der Waals surface area contributed by atoms with E-state index in [1.54, 1.807) is 0 Å². The number of nitrogens with one attached hydrogen (secondary N) is 1. The number of aromatic carboxylic acids is 1. The SMILES string of the molecule is O=C(O)c1cc2c(cc1NS(=O)(=O)c1cnc(-c3ccc(F)cc3)s1)OCCO2. The lowest BCUT2D eigenvalue weighted by atomic mass is 10.1. The summed E-state index contributed by atoms with van der Waals surface area (Å²) in [4.78, 5) is 15.6. The summed E-state index contributed by atoms with van der Waals surface area (Å²) >= 11 is 0.874. The molecule has 29 heavy (non-hydrogen) atoms. The number of aromatic nitrogens is 1. The second-order valence-electron chi connectivity index (χ2n) is 5.94. The Morgan fingerprint density at radius 3 is 2.45 bits per heavy atom. The van der Waals surface area contributed by atoms with E-state index in [0.717, 1.165) is 17.5 Å². The molecule has 1 aromatic heterocycles. The van der Waals surface area contributed by atoms with Crippen molar-refractivity contribution in [2.75, 3.05) is 17.9 Å². The Hall–Kier alpha value is -3.18. The van der Waals surface area contributed by atoms with Crippen molar-refractivity contribution in [2.45, 2.75) is 4.21 Å². The molecule has 1 aliphatic heterocycles. The Labute approximate surface area is 168 Å². The topological polar surface area (TPSA) is 115 Å². The van der Waals surface area contributed by atoms with Crippen LogP contribution in [-0.4, -0.2) is 37.7 Å². The van der Waals surface area contributed by atoms with Gasteiger partial charge in [0.05, 0.1) is 17.4 Å². The molecule has 0 saturated heterocycles. The van der Waals surface area contributed by atoms with E-state index in [4.69, 9.17) is 9.47 Å². The first-order valence-corrected chi connectivity index (χ1v) is 10.5. The number of halogens is 1. The summed E-state index contributed by atoms with van der Waals surface area (Å²) in [5.74, 6) is -1.26. The first-order chi connectivity index (χ1) is 13.8. The van der Waals surface area contributed by atoms with Crippen LogP contribution in [0, 0.1) is 5.82 Å². The third kappa shape index (κ3) is 3.87. The maximum atomic E-state index is 13.1. The minimum Gasteiger partial charge on any atom is -0.486 e. The van der Waals surface area contributed by atoms with Gasteiger partial charge in [0.15, 0.2) is 15.7 Å². The largest absolute Gasteiger partial charge is 0.486 e. The number of thiazole rings is 1. The summed E-state index contributed by atoms with van der Waals surface area (Å²) in [7, 11) is -4.12. The number of fused-ring (bicyclic) bond motifs is 1. The van der Waals surface area contributed by atoms with Crippen LogP contribution < -0.4 is 14.2 Å². The normalized spacial score (nSPS) is 13.1. The molecule has 0 amide bonds. The van der Waals surface area contributed by atoms with Crippen molar-refractivity contribution in [3.8, 4) is 22.1 Å². The number of nitrogens with zero attached hydrogens (tertiary/aromatic N) is 1. The summed E-state index contributed by atoms with van der Waals surface area (Å²) < 4.78 is 51.5. The van der Waals surface area contributed by atoms with Crippen LogP contribution in [0.1, 0.15) is 10.4 Å². The first kappa shape index (κ1) is 19.2. The third-order valence-electron chi connectivity index (χ3n) is 4.00. The predicted octanol–water partition coefficient (Wildman–Crippen LogP) is 3.22. The van der Waals surface area contributed by atoms with Gasteiger partial charge in [-0.3, -0.25) is 4.72 Å². The molecule has 1 aliphatic rings. The highest BCUT2D eigenvalue weighted by Crippen LogP contribution is 2.37. The number of hydrogen-bond donors (Lipinski definition) is 2. The average molecular weight is 436 g/mol. The smallest absolute Gasteiger partial charge is 0.337 e. The van der Waals surface area contributed by atoms with Crippen LogP contribution in [0.25, 0.3) is 10.6 Å². The van der Waals surface area contributed by atoms with Crippen molar-refractivity contribution in [1.29, 1.82) is 0 Å². The Bertz CT molecular complexity index is 1190. The van der Waals surface area contributed by atoms with Crippen LogP contribution in [-0.2, 0) is 10.0 Å². The number of ether oxygens (including phenoxy) is 2. The van der Waals surface area contributed by atoms with E-state index in [1.807, 2.05) is 0 Å². The Morgan fingerprint density at radius 1 is 1.14 bits per heavy atom. The van der Waals surface area contributed by atoms with Crippen molar-refractivity contribution >= 4 is 33.0 Å². The molecule has 0 fully saturated rings. The zero-order valence-corrected chi connectivity index (χ0v) is 16.2. The minimum atomic E-state index is -4.12. The van der Waals surface area contributed by atoms with E-state index in [0.29, 0.717) is 10.6 Å². The number of rotatable bonds is 5. The van der Waals surface area contributed by atoms with Crippen molar-refractivity contribution in [3.05, 3.63) is 54.0 Å². The molecular formula is C18H13FN2O6S2. The van der Waals surface area contributed by atoms with Gasteiger partial charge in [0.1, 0.15) is 24.0 Å². The highest BCUT2D eigenvalue weighted by atomic mass is 32.2. The fourth-order valence-electron chi connectivity index (χ4n) is 2.65. The maximum absolute atomic E-state index is 13.1. The quantitative estimate of drug-likeness (QED) is 0.631. The van der Waals surface area contributed by atoms with Gasteiger partial charge < -0.3 is 14.6 Å². The molecule has 2 N–H and O–H groups in total. The van der Waals surface area contributed by atoms with E-state index >= 15 is 0 Å². The third-order valence-corrected chi connectivity index (χ3v) is 6.87. The number of hydrogen-bond acceptors (Lipinski definition) is 7. The summed E-state index contributed by atoms with van der Waals surface area (Å²) in [6.07, 6.45) is 1.16. The number of carbonyl (C=O) groups is 1. The maximum Gasteiger partial charge on any atom is 0.337 e. The number of benzene rings is 2. The molecule has 0 aliphatic carbocycles. The molecule has 0 atom stereocenters. The van der Waals surface area contributed by atoms with Crippen LogP contribution >= 0.6 is 11.3 Å². The standard InChI is InChI=1S/C18H13FN2O6S2/c19-11-3-1-10(2-4-11)17-20-9-16(28-17)29(24,25)21-13-8-15-14(26-5-6-27-15)7-12(13)18(22)23/h1-4,7-9,21H,5-6H2,(H,22,23). The second kappa shape index (κ2) is 7.33. The molecule has 2 heterocycles. The number of carboxylic acids is 1. The van der Waals surface area contributed by atoms with Crippen LogP contribution in [0.5, 0.6) is 11.5 Å². The van der Waals surface area contributed by atoms with Crippen molar-refractivity contribution in [3.63, 3.8) is 0 Å². The summed E-state index contributed by atoms with van der Waals surface area (Å²) in [6, 6.07) is 7.96. The highest BCUT2D eigenvalue weighted by Gasteiger charge is 2.25. The van der Waals surface area contributed by atoms with E-state index in [9.17, 15) is 22.7 Å². The molecule has 0 bridgehead atoms. The second-order valence-corrected chi connectivity index (χ2v) is 8.88. The van der Waals surface area contributed by atoms with Crippen molar-refractivity contribution < 1.29 is 32.2 Å². The van der Waals surface area contributed by atoms with Crippen LogP contribution in [0.15, 0.2) is 46.8 Å². The summed E-state index contributed by atoms with van der Waals surface area (Å²) in [5, 5.41) is 9.82. The van der Waals surface area contributed by atoms with Crippen molar-refractivity contribution in [2.24, 2.45) is 0 Å². The number of sulfonamides is 1. The van der Waals surface area contributed by atoms with Crippen LogP contribution in [0.2, 0.25) is 0 Å². The van der Waals surface area contributed by atoms with E-state index in [-0.39, 0.29) is 40.2 Å². The molecule has 3 aromatic rings. The first-order valence-electron chi connectivity index (χ1n) is 8.25. The van der Waals surface area contributed by atoms with E-state index < -0.39 is 21.8 Å². The molecular weight excluding hydrogens is 423 g/mol. The van der Waals surface area contributed by atoms with E-state index in [1.165, 1.54) is 36.4 Å². The van der Waals surface area contributed by atoms with Gasteiger partial charge >= 0.3 is 5.97 Å². The zero-order valence-electron chi connectivity index (χ0n) is 14.6. The lowest BCUT2D eigenvalue weighted by Crippen LogP contribution is -2.18. The monoisotopic (exact) mass is 436 g/mol. The fourth-order valence-corrected chi connectivity index (χ4v) is 4.86.